The van der Waals surface area contributed by atoms with Gasteiger partial charge in [0.1, 0.15) is 22.7 Å². The van der Waals surface area contributed by atoms with Crippen LogP contribution in [0.1, 0.15) is 0 Å². The van der Waals surface area contributed by atoms with Crippen LogP contribution in [0.25, 0.3) is 66.1 Å². The summed E-state index contributed by atoms with van der Waals surface area (Å²) in [7, 11) is 0. The van der Waals surface area contributed by atoms with Gasteiger partial charge in [0.05, 0.1) is 0 Å². The second-order valence-corrected chi connectivity index (χ2v) is 16.2. The zero-order valence-corrected chi connectivity index (χ0v) is 35.4. The quantitative estimate of drug-likeness (QED) is 0.107. The van der Waals surface area contributed by atoms with Crippen LogP contribution in [0.5, 0.6) is 0 Å². The van der Waals surface area contributed by atoms with E-state index in [-0.39, 0.29) is 0 Å². The summed E-state index contributed by atoms with van der Waals surface area (Å²) in [4.78, 5) is 0. The SMILES string of the molecule is c1ccc(-c2ccccc2-c2c3ccccc3c(-c3ccccc3-c3ccccc3)c3cc(Nc4ccc([N+](c5ccccc5)(c5ccccc5)c5ccccc5)cc4)ccc23)cc1. The Labute approximate surface area is 375 Å². The monoisotopic (exact) mass is 817 g/mol. The number of nitrogens with zero attached hydrogens (tertiary/aromatic N) is 1. The molecule has 2 heteroatoms. The zero-order chi connectivity index (χ0) is 42.7. The van der Waals surface area contributed by atoms with Crippen LogP contribution < -0.4 is 9.80 Å². The second-order valence-electron chi connectivity index (χ2n) is 16.2. The van der Waals surface area contributed by atoms with Gasteiger partial charge in [0.25, 0.3) is 0 Å². The first-order valence-electron chi connectivity index (χ1n) is 22.0. The van der Waals surface area contributed by atoms with Crippen molar-refractivity contribution in [3.63, 3.8) is 0 Å². The lowest BCUT2D eigenvalue weighted by Crippen LogP contribution is -2.33. The third-order valence-corrected chi connectivity index (χ3v) is 12.6. The lowest BCUT2D eigenvalue weighted by molar-refractivity contribution is 0.704. The molecule has 0 radical (unpaired) electrons. The van der Waals surface area contributed by atoms with E-state index in [1.165, 1.54) is 66.1 Å². The maximum atomic E-state index is 3.86. The largest absolute Gasteiger partial charge is 0.356 e. The minimum Gasteiger partial charge on any atom is -0.356 e. The number of rotatable bonds is 10. The Hall–Kier alpha value is -8.30. The van der Waals surface area contributed by atoms with Crippen molar-refractivity contribution in [2.75, 3.05) is 5.32 Å². The topological polar surface area (TPSA) is 12.0 Å². The highest BCUT2D eigenvalue weighted by atomic mass is 15.4. The van der Waals surface area contributed by atoms with Crippen molar-refractivity contribution >= 4 is 55.7 Å². The highest BCUT2D eigenvalue weighted by molar-refractivity contribution is 6.23. The average molecular weight is 818 g/mol. The Kier molecular flexibility index (Phi) is 10.2. The van der Waals surface area contributed by atoms with Gasteiger partial charge in [-0.3, -0.25) is 0 Å². The van der Waals surface area contributed by atoms with Gasteiger partial charge in [-0.2, -0.15) is 4.48 Å². The molecule has 0 atom stereocenters. The Balaban J connectivity index is 1.11. The van der Waals surface area contributed by atoms with Gasteiger partial charge in [-0.05, 0) is 90.3 Å². The molecule has 0 unspecified atom stereocenters. The van der Waals surface area contributed by atoms with Gasteiger partial charge < -0.3 is 5.32 Å². The van der Waals surface area contributed by atoms with Crippen LogP contribution in [0.15, 0.2) is 267 Å². The van der Waals surface area contributed by atoms with E-state index >= 15 is 0 Å². The maximum Gasteiger partial charge on any atom is 0.148 e. The first-order chi connectivity index (χ1) is 31.8. The third kappa shape index (κ3) is 6.84. The second kappa shape index (κ2) is 16.9. The van der Waals surface area contributed by atoms with Crippen LogP contribution in [0.3, 0.4) is 0 Å². The Morgan fingerprint density at radius 2 is 0.562 bits per heavy atom. The van der Waals surface area contributed by atoms with Gasteiger partial charge in [0.15, 0.2) is 0 Å². The van der Waals surface area contributed by atoms with Crippen molar-refractivity contribution in [2.45, 2.75) is 0 Å². The van der Waals surface area contributed by atoms with E-state index in [1.54, 1.807) is 0 Å². The molecule has 11 rings (SSSR count). The number of benzene rings is 11. The van der Waals surface area contributed by atoms with Gasteiger partial charge in [-0.25, -0.2) is 0 Å². The minimum atomic E-state index is 0.448. The molecule has 0 bridgehead atoms. The van der Waals surface area contributed by atoms with Crippen LogP contribution in [0.4, 0.5) is 34.1 Å². The molecule has 0 saturated heterocycles. The molecule has 0 heterocycles. The van der Waals surface area contributed by atoms with Crippen LogP contribution in [-0.4, -0.2) is 0 Å². The zero-order valence-electron chi connectivity index (χ0n) is 35.4. The Morgan fingerprint density at radius 1 is 0.234 bits per heavy atom. The summed E-state index contributed by atoms with van der Waals surface area (Å²) in [6.45, 7) is 0. The number of para-hydroxylation sites is 3. The summed E-state index contributed by atoms with van der Waals surface area (Å²) in [5.74, 6) is 0. The number of hydrogen-bond acceptors (Lipinski definition) is 1. The highest BCUT2D eigenvalue weighted by Gasteiger charge is 2.39. The van der Waals surface area contributed by atoms with Crippen molar-refractivity contribution in [3.8, 4) is 44.5 Å². The summed E-state index contributed by atoms with van der Waals surface area (Å²) in [6.07, 6.45) is 0. The lowest BCUT2D eigenvalue weighted by Gasteiger charge is -2.37. The molecule has 0 aliphatic carbocycles. The molecule has 0 aliphatic heterocycles. The van der Waals surface area contributed by atoms with Gasteiger partial charge in [-0.15, -0.1) is 0 Å². The van der Waals surface area contributed by atoms with E-state index in [0.717, 1.165) is 34.1 Å². The van der Waals surface area contributed by atoms with Gasteiger partial charge >= 0.3 is 0 Å². The molecule has 1 N–H and O–H groups in total. The fraction of sp³-hybridized carbons (Fsp3) is 0. The molecule has 64 heavy (non-hydrogen) atoms. The van der Waals surface area contributed by atoms with Crippen LogP contribution in [-0.2, 0) is 0 Å². The average Bonchev–Trinajstić information content (AvgIpc) is 3.38. The van der Waals surface area contributed by atoms with Crippen molar-refractivity contribution in [2.24, 2.45) is 0 Å². The van der Waals surface area contributed by atoms with Crippen molar-refractivity contribution < 1.29 is 0 Å². The number of nitrogens with one attached hydrogen (secondary N) is 1. The molecule has 2 nitrogen and oxygen atoms in total. The molecule has 302 valence electrons. The predicted molar refractivity (Wildman–Crippen MR) is 273 cm³/mol. The van der Waals surface area contributed by atoms with Gasteiger partial charge in [-0.1, -0.05) is 194 Å². The molecular formula is C62H45N2+. The molecule has 11 aromatic carbocycles. The normalized spacial score (nSPS) is 11.4. The van der Waals surface area contributed by atoms with E-state index in [4.69, 9.17) is 0 Å². The Morgan fingerprint density at radius 3 is 1.02 bits per heavy atom. The molecule has 0 fully saturated rings. The number of hydrogen-bond donors (Lipinski definition) is 1. The fourth-order valence-electron chi connectivity index (χ4n) is 9.76. The molecule has 0 aliphatic rings. The van der Waals surface area contributed by atoms with Crippen LogP contribution >= 0.6 is 0 Å². The van der Waals surface area contributed by atoms with Gasteiger partial charge in [0.2, 0.25) is 0 Å². The third-order valence-electron chi connectivity index (χ3n) is 12.6. The molecule has 0 saturated carbocycles. The van der Waals surface area contributed by atoms with E-state index < -0.39 is 0 Å². The van der Waals surface area contributed by atoms with E-state index in [0.29, 0.717) is 4.48 Å². The van der Waals surface area contributed by atoms with Crippen LogP contribution in [0, 0.1) is 0 Å². The minimum absolute atomic E-state index is 0.448. The summed E-state index contributed by atoms with van der Waals surface area (Å²) in [5, 5.41) is 8.69. The van der Waals surface area contributed by atoms with E-state index in [1.807, 2.05) is 0 Å². The molecular weight excluding hydrogens is 773 g/mol. The molecule has 0 aromatic heterocycles. The molecule has 0 spiro atoms. The highest BCUT2D eigenvalue weighted by Crippen LogP contribution is 2.52. The predicted octanol–water partition coefficient (Wildman–Crippen LogP) is 17.7. The van der Waals surface area contributed by atoms with Gasteiger partial charge in [0, 0.05) is 59.9 Å². The first kappa shape index (κ1) is 38.6. The standard InChI is InChI=1S/C62H45N2/c1-6-22-45(23-7-1)53-32-16-18-34-55(53)61-57-36-20-21-37-58(57)62(56-35-19-17-33-54(56)46-24-8-2-9-25-46)60-44-48(40-43-59(60)61)63-47-38-41-52(42-39-47)64(49-26-10-3-11-27-49,50-28-12-4-13-29-50)51-30-14-5-15-31-51/h1-44,63H/q+1. The number of anilines is 2. The fourth-order valence-corrected chi connectivity index (χ4v) is 9.76. The van der Waals surface area contributed by atoms with Crippen LogP contribution in [0.2, 0.25) is 0 Å². The summed E-state index contributed by atoms with van der Waals surface area (Å²) >= 11 is 0. The summed E-state index contributed by atoms with van der Waals surface area (Å²) in [5.41, 5.74) is 16.3. The van der Waals surface area contributed by atoms with Crippen molar-refractivity contribution in [1.82, 2.24) is 4.48 Å². The number of fused-ring (bicyclic) bond motifs is 2. The lowest BCUT2D eigenvalue weighted by atomic mass is 9.82. The Bertz CT molecular complexity index is 3270. The molecule has 11 aromatic rings. The maximum absolute atomic E-state index is 3.86. The molecule has 0 amide bonds. The first-order valence-corrected chi connectivity index (χ1v) is 22.0. The van der Waals surface area contributed by atoms with E-state index in [9.17, 15) is 0 Å². The van der Waals surface area contributed by atoms with Crippen molar-refractivity contribution in [1.29, 1.82) is 0 Å². The van der Waals surface area contributed by atoms with E-state index in [2.05, 4.69) is 272 Å². The summed E-state index contributed by atoms with van der Waals surface area (Å²) < 4.78 is 0.448. The smallest absolute Gasteiger partial charge is 0.148 e. The number of quaternary nitrogens is 1. The summed E-state index contributed by atoms with van der Waals surface area (Å²) in [6, 6.07) is 96.5. The van der Waals surface area contributed by atoms with Crippen molar-refractivity contribution in [3.05, 3.63) is 267 Å².